The fourth-order valence-corrected chi connectivity index (χ4v) is 4.44. The van der Waals surface area contributed by atoms with E-state index in [0.29, 0.717) is 5.56 Å². The summed E-state index contributed by atoms with van der Waals surface area (Å²) in [5.74, 6) is -2.90. The van der Waals surface area contributed by atoms with Gasteiger partial charge in [0.2, 0.25) is 0 Å². The zero-order valence-electron chi connectivity index (χ0n) is 19.0. The monoisotopic (exact) mass is 576 g/mol. The van der Waals surface area contributed by atoms with Gasteiger partial charge in [0, 0.05) is 0 Å². The van der Waals surface area contributed by atoms with Crippen LogP contribution in [0.25, 0.3) is 6.08 Å². The van der Waals surface area contributed by atoms with Crippen molar-refractivity contribution in [1.29, 1.82) is 0 Å². The number of benzene rings is 2. The maximum Gasteiger partial charge on any atom is 0.420 e. The number of aliphatic carboxylic acids is 1. The number of ether oxygens (including phenoxy) is 2. The lowest BCUT2D eigenvalue weighted by molar-refractivity contribution is -0.142. The lowest BCUT2D eigenvalue weighted by Gasteiger charge is -2.15. The number of hydrogen-bond acceptors (Lipinski definition) is 8. The van der Waals surface area contributed by atoms with E-state index >= 15 is 0 Å². The first-order valence-corrected chi connectivity index (χ1v) is 11.4. The van der Waals surface area contributed by atoms with Crippen LogP contribution in [0, 0.1) is 0 Å². The number of esters is 1. The van der Waals surface area contributed by atoms with Crippen molar-refractivity contribution in [3.05, 3.63) is 64.1 Å². The SMILES string of the molecule is COC(=O)[C@@H](N)Cc1ccc(Oc2ccc(C=C3SC(=S)N(CC(=O)O)C3=O)cc2C(F)(F)F)cc1.Cl. The third-order valence-corrected chi connectivity index (χ3v) is 6.26. The van der Waals surface area contributed by atoms with Crippen molar-refractivity contribution in [2.75, 3.05) is 13.7 Å². The van der Waals surface area contributed by atoms with Crippen LogP contribution in [0.1, 0.15) is 16.7 Å². The fraction of sp³-hybridized carbons (Fsp3) is 0.217. The van der Waals surface area contributed by atoms with Gasteiger partial charge >= 0.3 is 18.1 Å². The average Bonchev–Trinajstić information content (AvgIpc) is 3.06. The summed E-state index contributed by atoms with van der Waals surface area (Å²) in [6.45, 7) is -0.643. The molecule has 0 aromatic heterocycles. The summed E-state index contributed by atoms with van der Waals surface area (Å²) >= 11 is 5.80. The summed E-state index contributed by atoms with van der Waals surface area (Å²) in [6.07, 6.45) is -3.39. The number of carboxylic acids is 1. The van der Waals surface area contributed by atoms with Crippen molar-refractivity contribution in [1.82, 2.24) is 4.90 Å². The highest BCUT2D eigenvalue weighted by atomic mass is 35.5. The van der Waals surface area contributed by atoms with E-state index in [2.05, 4.69) is 4.74 Å². The van der Waals surface area contributed by atoms with Crippen LogP contribution >= 0.6 is 36.4 Å². The molecule has 8 nitrogen and oxygen atoms in total. The minimum Gasteiger partial charge on any atom is -0.480 e. The third-order valence-electron chi connectivity index (χ3n) is 4.88. The van der Waals surface area contributed by atoms with Crippen LogP contribution in [-0.4, -0.2) is 51.9 Å². The number of halogens is 4. The second-order valence-electron chi connectivity index (χ2n) is 7.49. The first-order chi connectivity index (χ1) is 16.9. The van der Waals surface area contributed by atoms with Gasteiger partial charge in [0.1, 0.15) is 28.4 Å². The summed E-state index contributed by atoms with van der Waals surface area (Å²) < 4.78 is 51.4. The maximum absolute atomic E-state index is 13.8. The average molecular weight is 577 g/mol. The highest BCUT2D eigenvalue weighted by Crippen LogP contribution is 2.40. The standard InChI is InChI=1S/C23H19F3N2O6S2.ClH/c1-33-21(32)16(27)9-12-2-5-14(6-3-12)34-17-7-4-13(8-15(17)23(24,25)26)10-18-20(31)28(11-19(29)30)22(35)36-18;/h2-8,10,16H,9,11,27H2,1H3,(H,29,30);1H/t16-;/m0./s1. The van der Waals surface area contributed by atoms with Gasteiger partial charge in [-0.15, -0.1) is 12.4 Å². The van der Waals surface area contributed by atoms with Crippen molar-refractivity contribution < 1.29 is 42.1 Å². The van der Waals surface area contributed by atoms with Crippen molar-refractivity contribution in [3.63, 3.8) is 0 Å². The van der Waals surface area contributed by atoms with Gasteiger partial charge in [-0.1, -0.05) is 42.2 Å². The van der Waals surface area contributed by atoms with E-state index in [4.69, 9.17) is 27.8 Å². The number of nitrogens with two attached hydrogens (primary N) is 1. The van der Waals surface area contributed by atoms with E-state index in [0.717, 1.165) is 28.8 Å². The number of amides is 1. The normalized spacial score (nSPS) is 15.4. The Labute approximate surface area is 225 Å². The molecule has 14 heteroatoms. The number of carbonyl (C=O) groups is 3. The van der Waals surface area contributed by atoms with E-state index in [1.54, 1.807) is 12.1 Å². The molecule has 1 saturated heterocycles. The Morgan fingerprint density at radius 2 is 1.86 bits per heavy atom. The molecule has 1 fully saturated rings. The molecule has 1 aliphatic heterocycles. The number of carbonyl (C=O) groups excluding carboxylic acids is 2. The Balaban J connectivity index is 0.00000481. The van der Waals surface area contributed by atoms with Crippen LogP contribution in [0.2, 0.25) is 0 Å². The van der Waals surface area contributed by atoms with Crippen molar-refractivity contribution in [3.8, 4) is 11.5 Å². The second kappa shape index (κ2) is 12.4. The van der Waals surface area contributed by atoms with Crippen LogP contribution < -0.4 is 10.5 Å². The van der Waals surface area contributed by atoms with E-state index in [-0.39, 0.29) is 39.4 Å². The first-order valence-electron chi connectivity index (χ1n) is 10.2. The van der Waals surface area contributed by atoms with Gasteiger partial charge in [-0.05, 0) is 47.9 Å². The molecule has 0 spiro atoms. The number of methoxy groups -OCH3 is 1. The molecular weight excluding hydrogens is 557 g/mol. The Hall–Kier alpha value is -3.13. The highest BCUT2D eigenvalue weighted by molar-refractivity contribution is 8.26. The number of carboxylic acid groups (broad SMARTS) is 1. The molecule has 0 radical (unpaired) electrons. The van der Waals surface area contributed by atoms with Gasteiger partial charge in [0.25, 0.3) is 5.91 Å². The topological polar surface area (TPSA) is 119 Å². The first kappa shape index (κ1) is 30.1. The largest absolute Gasteiger partial charge is 0.480 e. The lowest BCUT2D eigenvalue weighted by Crippen LogP contribution is -2.33. The number of thiocarbonyl (C=S) groups is 1. The zero-order chi connectivity index (χ0) is 26.6. The molecule has 1 aliphatic rings. The van der Waals surface area contributed by atoms with E-state index in [9.17, 15) is 27.6 Å². The number of nitrogens with zero attached hydrogens (tertiary/aromatic N) is 1. The highest BCUT2D eigenvalue weighted by Gasteiger charge is 2.36. The molecular formula is C23H20ClF3N2O6S2. The minimum absolute atomic E-state index is 0. The summed E-state index contributed by atoms with van der Waals surface area (Å²) in [7, 11) is 1.21. The van der Waals surface area contributed by atoms with Gasteiger partial charge in [-0.2, -0.15) is 13.2 Å². The number of rotatable bonds is 8. The maximum atomic E-state index is 13.8. The van der Waals surface area contributed by atoms with Gasteiger partial charge in [-0.25, -0.2) is 0 Å². The van der Waals surface area contributed by atoms with E-state index < -0.39 is 47.9 Å². The number of alkyl halides is 3. The molecule has 2 aromatic rings. The van der Waals surface area contributed by atoms with Crippen LogP contribution in [-0.2, 0) is 31.7 Å². The Bertz CT molecular complexity index is 1240. The quantitative estimate of drug-likeness (QED) is 0.270. The van der Waals surface area contributed by atoms with Crippen LogP contribution in [0.5, 0.6) is 11.5 Å². The third kappa shape index (κ3) is 7.68. The molecule has 3 N–H and O–H groups in total. The van der Waals surface area contributed by atoms with Gasteiger partial charge < -0.3 is 20.3 Å². The molecule has 1 heterocycles. The summed E-state index contributed by atoms with van der Waals surface area (Å²) in [6, 6.07) is 8.42. The summed E-state index contributed by atoms with van der Waals surface area (Å²) in [5, 5.41) is 8.90. The predicted molar refractivity (Wildman–Crippen MR) is 136 cm³/mol. The van der Waals surface area contributed by atoms with Gasteiger partial charge in [-0.3, -0.25) is 19.3 Å². The molecule has 198 valence electrons. The van der Waals surface area contributed by atoms with Crippen molar-refractivity contribution in [2.24, 2.45) is 5.73 Å². The molecule has 1 amide bonds. The van der Waals surface area contributed by atoms with Crippen molar-refractivity contribution >= 4 is 64.6 Å². The van der Waals surface area contributed by atoms with Crippen LogP contribution in [0.4, 0.5) is 13.2 Å². The zero-order valence-corrected chi connectivity index (χ0v) is 21.4. The minimum atomic E-state index is -4.77. The molecule has 0 bridgehead atoms. The molecule has 0 unspecified atom stereocenters. The van der Waals surface area contributed by atoms with Gasteiger partial charge in [0.15, 0.2) is 0 Å². The number of hydrogen-bond donors (Lipinski definition) is 2. The Kier molecular flexibility index (Phi) is 10.1. The van der Waals surface area contributed by atoms with E-state index in [1.807, 2.05) is 0 Å². The predicted octanol–water partition coefficient (Wildman–Crippen LogP) is 4.25. The summed E-state index contributed by atoms with van der Waals surface area (Å²) in [4.78, 5) is 35.6. The lowest BCUT2D eigenvalue weighted by atomic mass is 10.1. The molecule has 2 aromatic carbocycles. The molecule has 1 atom stereocenters. The molecule has 37 heavy (non-hydrogen) atoms. The Morgan fingerprint density at radius 1 is 1.22 bits per heavy atom. The molecule has 0 aliphatic carbocycles. The van der Waals surface area contributed by atoms with Gasteiger partial charge in [0.05, 0.1) is 17.6 Å². The van der Waals surface area contributed by atoms with Crippen LogP contribution in [0.15, 0.2) is 47.4 Å². The van der Waals surface area contributed by atoms with Crippen LogP contribution in [0.3, 0.4) is 0 Å². The fourth-order valence-electron chi connectivity index (χ4n) is 3.18. The smallest absolute Gasteiger partial charge is 0.420 e. The number of thioether (sulfide) groups is 1. The summed E-state index contributed by atoms with van der Waals surface area (Å²) in [5.41, 5.74) is 5.35. The van der Waals surface area contributed by atoms with Crippen molar-refractivity contribution in [2.45, 2.75) is 18.6 Å². The second-order valence-corrected chi connectivity index (χ2v) is 9.17. The van der Waals surface area contributed by atoms with E-state index in [1.165, 1.54) is 31.4 Å². The molecule has 0 saturated carbocycles. The molecule has 3 rings (SSSR count). The Morgan fingerprint density at radius 3 is 2.43 bits per heavy atom.